The highest BCUT2D eigenvalue weighted by atomic mass is 127. The Labute approximate surface area is 103 Å². The van der Waals surface area contributed by atoms with Crippen LogP contribution in [0.4, 0.5) is 0 Å². The lowest BCUT2D eigenvalue weighted by atomic mass is 10.1. The average molecular weight is 334 g/mol. The summed E-state index contributed by atoms with van der Waals surface area (Å²) in [5.74, 6) is -1.32. The van der Waals surface area contributed by atoms with E-state index in [1.807, 2.05) is 22.6 Å². The van der Waals surface area contributed by atoms with E-state index in [4.69, 9.17) is 14.9 Å². The van der Waals surface area contributed by atoms with Crippen LogP contribution in [0.25, 0.3) is 0 Å². The number of aliphatic hydroxyl groups is 4. The Morgan fingerprint density at radius 1 is 1.33 bits per heavy atom. The summed E-state index contributed by atoms with van der Waals surface area (Å²) in [5, 5.41) is 36.5. The van der Waals surface area contributed by atoms with E-state index in [-0.39, 0.29) is 17.1 Å². The molecule has 5 nitrogen and oxygen atoms in total. The van der Waals surface area contributed by atoms with Crippen molar-refractivity contribution in [2.45, 2.75) is 42.2 Å². The van der Waals surface area contributed by atoms with Crippen molar-refractivity contribution in [3.63, 3.8) is 0 Å². The van der Waals surface area contributed by atoms with Gasteiger partial charge in [-0.3, -0.25) is 0 Å². The van der Waals surface area contributed by atoms with Gasteiger partial charge in [0.1, 0.15) is 0 Å². The Balaban J connectivity index is 4.37. The summed E-state index contributed by atoms with van der Waals surface area (Å²) >= 11 is 1.94. The van der Waals surface area contributed by atoms with Crippen LogP contribution < -0.4 is 0 Å². The monoisotopic (exact) mass is 334 g/mol. The van der Waals surface area contributed by atoms with Crippen molar-refractivity contribution in [1.29, 1.82) is 0 Å². The van der Waals surface area contributed by atoms with Crippen LogP contribution in [0.5, 0.6) is 0 Å². The lowest BCUT2D eigenvalue weighted by Gasteiger charge is -2.31. The maximum Gasteiger partial charge on any atom is 0.160 e. The van der Waals surface area contributed by atoms with Crippen LogP contribution in [-0.2, 0) is 4.74 Å². The third-order valence-electron chi connectivity index (χ3n) is 1.76. The Bertz CT molecular complexity index is 170. The highest BCUT2D eigenvalue weighted by molar-refractivity contribution is 14.1. The third-order valence-corrected chi connectivity index (χ3v) is 3.40. The van der Waals surface area contributed by atoms with Gasteiger partial charge in [0.15, 0.2) is 5.79 Å². The topological polar surface area (TPSA) is 90.2 Å². The summed E-state index contributed by atoms with van der Waals surface area (Å²) in [6, 6.07) is 0. The van der Waals surface area contributed by atoms with E-state index in [1.54, 1.807) is 0 Å². The fourth-order valence-corrected chi connectivity index (χ4v) is 1.86. The number of hydrogen-bond acceptors (Lipinski definition) is 5. The van der Waals surface area contributed by atoms with Gasteiger partial charge in [0.25, 0.3) is 0 Å². The maximum absolute atomic E-state index is 9.47. The van der Waals surface area contributed by atoms with E-state index >= 15 is 0 Å². The molecule has 0 fully saturated rings. The molecule has 0 aromatic heterocycles. The van der Waals surface area contributed by atoms with Crippen molar-refractivity contribution in [2.24, 2.45) is 0 Å². The molecule has 0 radical (unpaired) electrons. The molecule has 4 N–H and O–H groups in total. The minimum atomic E-state index is -1.32. The third kappa shape index (κ3) is 6.64. The second-order valence-corrected chi connectivity index (χ2v) is 5.25. The lowest BCUT2D eigenvalue weighted by molar-refractivity contribution is -0.210. The zero-order valence-electron chi connectivity index (χ0n) is 8.93. The van der Waals surface area contributed by atoms with Gasteiger partial charge in [0, 0.05) is 6.61 Å². The first-order valence-corrected chi connectivity index (χ1v) is 6.00. The second kappa shape index (κ2) is 6.97. The van der Waals surface area contributed by atoms with E-state index in [0.717, 1.165) is 0 Å². The van der Waals surface area contributed by atoms with E-state index in [1.165, 1.54) is 13.8 Å². The van der Waals surface area contributed by atoms with Crippen molar-refractivity contribution < 1.29 is 25.2 Å². The summed E-state index contributed by atoms with van der Waals surface area (Å²) < 4.78 is 4.90. The number of rotatable bonds is 7. The molecule has 0 aromatic carbocycles. The molecule has 0 saturated heterocycles. The Morgan fingerprint density at radius 2 is 1.87 bits per heavy atom. The van der Waals surface area contributed by atoms with Crippen LogP contribution in [0.15, 0.2) is 0 Å². The summed E-state index contributed by atoms with van der Waals surface area (Å²) in [6.45, 7) is 2.49. The first-order valence-electron chi connectivity index (χ1n) is 4.76. The predicted octanol–water partition coefficient (Wildman–Crippen LogP) is -0.361. The molecule has 92 valence electrons. The molecule has 0 bridgehead atoms. The van der Waals surface area contributed by atoms with Gasteiger partial charge in [0.05, 0.1) is 22.7 Å². The molecule has 0 heterocycles. The van der Waals surface area contributed by atoms with Gasteiger partial charge in [-0.25, -0.2) is 0 Å². The number of alkyl halides is 1. The molecule has 6 heteroatoms. The summed E-state index contributed by atoms with van der Waals surface area (Å²) in [4.78, 5) is 0. The first kappa shape index (κ1) is 15.5. The first-order chi connectivity index (χ1) is 6.81. The van der Waals surface area contributed by atoms with E-state index in [9.17, 15) is 10.2 Å². The van der Waals surface area contributed by atoms with Gasteiger partial charge >= 0.3 is 0 Å². The van der Waals surface area contributed by atoms with Crippen LogP contribution in [0, 0.1) is 0 Å². The van der Waals surface area contributed by atoms with Gasteiger partial charge in [-0.05, 0) is 20.3 Å². The Hall–Kier alpha value is 0.530. The van der Waals surface area contributed by atoms with Gasteiger partial charge in [-0.15, -0.1) is 0 Å². The minimum absolute atomic E-state index is 0.0988. The molecule has 0 amide bonds. The van der Waals surface area contributed by atoms with Crippen molar-refractivity contribution in [1.82, 2.24) is 0 Å². The second-order valence-electron chi connectivity index (χ2n) is 3.81. The average Bonchev–Trinajstić information content (AvgIpc) is 2.13. The van der Waals surface area contributed by atoms with Crippen molar-refractivity contribution in [3.05, 3.63) is 0 Å². The van der Waals surface area contributed by atoms with E-state index < -0.39 is 18.0 Å². The molecule has 15 heavy (non-hydrogen) atoms. The van der Waals surface area contributed by atoms with Crippen molar-refractivity contribution >= 4 is 22.6 Å². The quantitative estimate of drug-likeness (QED) is 0.290. The highest BCUT2D eigenvalue weighted by Gasteiger charge is 2.30. The zero-order valence-corrected chi connectivity index (χ0v) is 11.1. The van der Waals surface area contributed by atoms with Crippen molar-refractivity contribution in [2.75, 3.05) is 13.2 Å². The molecule has 0 rings (SSSR count). The molecule has 0 saturated carbocycles. The standard InChI is InChI=1S/C9H19IO5/c1-9(2,14)15-7(3-4-11)8(10)6(13)5-12/h6-8,11-14H,3-5H2,1-2H3. The summed E-state index contributed by atoms with van der Waals surface area (Å²) in [5.41, 5.74) is 0. The highest BCUT2D eigenvalue weighted by Crippen LogP contribution is 2.21. The Kier molecular flexibility index (Phi) is 7.22. The summed E-state index contributed by atoms with van der Waals surface area (Å²) in [6.07, 6.45) is -1.13. The fraction of sp³-hybridized carbons (Fsp3) is 1.00. The van der Waals surface area contributed by atoms with Crippen LogP contribution in [0.2, 0.25) is 0 Å². The zero-order chi connectivity index (χ0) is 12.1. The molecule has 0 spiro atoms. The molecule has 0 aliphatic carbocycles. The molecule has 3 unspecified atom stereocenters. The molecule has 0 aliphatic rings. The van der Waals surface area contributed by atoms with Gasteiger partial charge in [0.2, 0.25) is 0 Å². The van der Waals surface area contributed by atoms with Gasteiger partial charge in [-0.2, -0.15) is 0 Å². The van der Waals surface area contributed by atoms with Gasteiger partial charge in [-0.1, -0.05) is 22.6 Å². The molecular formula is C9H19IO5. The molecule has 0 aromatic rings. The van der Waals surface area contributed by atoms with Crippen LogP contribution in [-0.4, -0.2) is 55.6 Å². The smallest absolute Gasteiger partial charge is 0.160 e. The maximum atomic E-state index is 9.47. The molecular weight excluding hydrogens is 315 g/mol. The van der Waals surface area contributed by atoms with E-state index in [0.29, 0.717) is 6.42 Å². The number of halogens is 1. The van der Waals surface area contributed by atoms with E-state index in [2.05, 4.69) is 0 Å². The molecule has 3 atom stereocenters. The number of aliphatic hydroxyl groups excluding tert-OH is 3. The summed E-state index contributed by atoms with van der Waals surface area (Å²) in [7, 11) is 0. The Morgan fingerprint density at radius 3 is 2.20 bits per heavy atom. The number of hydrogen-bond donors (Lipinski definition) is 4. The number of ether oxygens (including phenoxy) is 1. The molecule has 0 aliphatic heterocycles. The van der Waals surface area contributed by atoms with Crippen molar-refractivity contribution in [3.8, 4) is 0 Å². The SMILES string of the molecule is CC(C)(O)OC(CCO)C(I)C(O)CO. The lowest BCUT2D eigenvalue weighted by Crippen LogP contribution is -2.42. The predicted molar refractivity (Wildman–Crippen MR) is 63.8 cm³/mol. The van der Waals surface area contributed by atoms with Crippen LogP contribution in [0.1, 0.15) is 20.3 Å². The fourth-order valence-electron chi connectivity index (χ4n) is 1.13. The normalized spacial score (nSPS) is 18.6. The largest absolute Gasteiger partial charge is 0.396 e. The van der Waals surface area contributed by atoms with Crippen LogP contribution >= 0.6 is 22.6 Å². The van der Waals surface area contributed by atoms with Gasteiger partial charge < -0.3 is 25.2 Å². The minimum Gasteiger partial charge on any atom is -0.396 e. The van der Waals surface area contributed by atoms with Crippen LogP contribution in [0.3, 0.4) is 0 Å².